The zero-order chi connectivity index (χ0) is 15.4. The minimum Gasteiger partial charge on any atom is -0.363 e. The number of H-pyrrole nitrogens is 1. The number of nitrogens with one attached hydrogen (secondary N) is 2. The molecular weight excluding hydrogens is 266 g/mol. The molecule has 21 heavy (non-hydrogen) atoms. The van der Waals surface area contributed by atoms with Crippen molar-refractivity contribution in [1.82, 2.24) is 15.2 Å². The Morgan fingerprint density at radius 1 is 1.38 bits per heavy atom. The van der Waals surface area contributed by atoms with Crippen LogP contribution in [-0.4, -0.2) is 35.4 Å². The summed E-state index contributed by atoms with van der Waals surface area (Å²) >= 11 is 0. The molecule has 2 rings (SSSR count). The predicted octanol–water partition coefficient (Wildman–Crippen LogP) is 1.34. The molecule has 0 aromatic carbocycles. The Hall–Kier alpha value is -1.62. The Kier molecular flexibility index (Phi) is 5.17. The smallest absolute Gasteiger partial charge is 0.224 e. The van der Waals surface area contributed by atoms with Gasteiger partial charge in [0.15, 0.2) is 5.43 Å². The molecular formula is C16H25N3O2. The average molecular weight is 291 g/mol. The summed E-state index contributed by atoms with van der Waals surface area (Å²) in [6.07, 6.45) is 4.17. The van der Waals surface area contributed by atoms with Gasteiger partial charge in [0.25, 0.3) is 0 Å². The molecule has 1 aromatic heterocycles. The van der Waals surface area contributed by atoms with E-state index in [1.807, 2.05) is 6.92 Å². The molecule has 1 amide bonds. The van der Waals surface area contributed by atoms with E-state index >= 15 is 0 Å². The molecule has 5 nitrogen and oxygen atoms in total. The molecule has 0 radical (unpaired) electrons. The number of pyridine rings is 1. The van der Waals surface area contributed by atoms with Crippen LogP contribution < -0.4 is 10.7 Å². The van der Waals surface area contributed by atoms with Crippen molar-refractivity contribution in [2.45, 2.75) is 40.2 Å². The molecule has 1 atom stereocenters. The van der Waals surface area contributed by atoms with Gasteiger partial charge in [-0.2, -0.15) is 0 Å². The van der Waals surface area contributed by atoms with Crippen molar-refractivity contribution in [3.63, 3.8) is 0 Å². The van der Waals surface area contributed by atoms with Gasteiger partial charge in [-0.15, -0.1) is 0 Å². The largest absolute Gasteiger partial charge is 0.363 e. The lowest BCUT2D eigenvalue weighted by Gasteiger charge is -2.19. The topological polar surface area (TPSA) is 65.2 Å². The second-order valence-electron chi connectivity index (χ2n) is 6.03. The Labute approximate surface area is 125 Å². The molecule has 1 aliphatic heterocycles. The van der Waals surface area contributed by atoms with Crippen molar-refractivity contribution in [3.8, 4) is 0 Å². The first kappa shape index (κ1) is 15.8. The summed E-state index contributed by atoms with van der Waals surface area (Å²) < 4.78 is 0. The Morgan fingerprint density at radius 2 is 2.05 bits per heavy atom. The van der Waals surface area contributed by atoms with Crippen LogP contribution in [-0.2, 0) is 11.3 Å². The van der Waals surface area contributed by atoms with E-state index in [1.54, 1.807) is 20.0 Å². The van der Waals surface area contributed by atoms with Crippen molar-refractivity contribution < 1.29 is 4.79 Å². The SMILES string of the molecule is Cc1c[nH]c(CNC(=O)C(C)CN2CCCC2)c(C)c1=O. The van der Waals surface area contributed by atoms with Crippen LogP contribution in [0.15, 0.2) is 11.0 Å². The highest BCUT2D eigenvalue weighted by molar-refractivity contribution is 5.78. The summed E-state index contributed by atoms with van der Waals surface area (Å²) in [6.45, 7) is 8.93. The molecule has 1 fully saturated rings. The number of amides is 1. The standard InChI is InChI=1S/C16H25N3O2/c1-11-8-17-14(13(3)15(11)20)9-18-16(21)12(2)10-19-6-4-5-7-19/h8,12H,4-7,9-10H2,1-3H3,(H,17,20)(H,18,21). The van der Waals surface area contributed by atoms with E-state index in [2.05, 4.69) is 15.2 Å². The lowest BCUT2D eigenvalue weighted by molar-refractivity contribution is -0.125. The van der Waals surface area contributed by atoms with Crippen LogP contribution in [0.25, 0.3) is 0 Å². The third kappa shape index (κ3) is 3.94. The van der Waals surface area contributed by atoms with E-state index in [1.165, 1.54) is 12.8 Å². The fraction of sp³-hybridized carbons (Fsp3) is 0.625. The summed E-state index contributed by atoms with van der Waals surface area (Å²) in [5, 5.41) is 2.92. The van der Waals surface area contributed by atoms with Gasteiger partial charge in [-0.1, -0.05) is 6.92 Å². The number of likely N-dealkylation sites (tertiary alicyclic amines) is 1. The lowest BCUT2D eigenvalue weighted by Crippen LogP contribution is -2.36. The molecule has 1 saturated heterocycles. The number of rotatable bonds is 5. The molecule has 2 N–H and O–H groups in total. The fourth-order valence-corrected chi connectivity index (χ4v) is 2.77. The van der Waals surface area contributed by atoms with E-state index in [9.17, 15) is 9.59 Å². The Balaban J connectivity index is 1.88. The van der Waals surface area contributed by atoms with E-state index in [0.717, 1.165) is 25.3 Å². The molecule has 1 unspecified atom stereocenters. The van der Waals surface area contributed by atoms with E-state index < -0.39 is 0 Å². The molecule has 0 bridgehead atoms. The van der Waals surface area contributed by atoms with Crippen molar-refractivity contribution in [2.24, 2.45) is 5.92 Å². The molecule has 116 valence electrons. The number of carbonyl (C=O) groups excluding carboxylic acids is 1. The number of carbonyl (C=O) groups is 1. The van der Waals surface area contributed by atoms with Gasteiger partial charge in [0.2, 0.25) is 5.91 Å². The van der Waals surface area contributed by atoms with Crippen LogP contribution in [0.1, 0.15) is 36.6 Å². The molecule has 0 saturated carbocycles. The number of hydrogen-bond donors (Lipinski definition) is 2. The minimum atomic E-state index is -0.0272. The van der Waals surface area contributed by atoms with Crippen LogP contribution in [0.4, 0.5) is 0 Å². The summed E-state index contributed by atoms with van der Waals surface area (Å²) in [6, 6.07) is 0. The van der Waals surface area contributed by atoms with Gasteiger partial charge in [0, 0.05) is 35.5 Å². The third-order valence-corrected chi connectivity index (χ3v) is 4.23. The maximum absolute atomic E-state index is 12.1. The summed E-state index contributed by atoms with van der Waals surface area (Å²) in [5.74, 6) is 0.0169. The van der Waals surface area contributed by atoms with Crippen molar-refractivity contribution in [1.29, 1.82) is 0 Å². The molecule has 1 aliphatic rings. The van der Waals surface area contributed by atoms with E-state index in [0.29, 0.717) is 17.7 Å². The number of aryl methyl sites for hydroxylation is 1. The fourth-order valence-electron chi connectivity index (χ4n) is 2.77. The Bertz CT molecular complexity index is 559. The first-order valence-corrected chi connectivity index (χ1v) is 7.67. The number of aromatic nitrogens is 1. The number of nitrogens with zero attached hydrogens (tertiary/aromatic N) is 1. The van der Waals surface area contributed by atoms with Gasteiger partial charge < -0.3 is 15.2 Å². The van der Waals surface area contributed by atoms with Gasteiger partial charge in [-0.3, -0.25) is 9.59 Å². The Morgan fingerprint density at radius 3 is 2.71 bits per heavy atom. The second kappa shape index (κ2) is 6.89. The highest BCUT2D eigenvalue weighted by Crippen LogP contribution is 2.10. The molecule has 5 heteroatoms. The lowest BCUT2D eigenvalue weighted by atomic mass is 10.1. The number of hydrogen-bond acceptors (Lipinski definition) is 3. The summed E-state index contributed by atoms with van der Waals surface area (Å²) in [4.78, 5) is 29.4. The van der Waals surface area contributed by atoms with Crippen molar-refractivity contribution in [3.05, 3.63) is 33.2 Å². The summed E-state index contributed by atoms with van der Waals surface area (Å²) in [5.41, 5.74) is 2.21. The maximum atomic E-state index is 12.1. The minimum absolute atomic E-state index is 0.0272. The maximum Gasteiger partial charge on any atom is 0.224 e. The van der Waals surface area contributed by atoms with Gasteiger partial charge in [-0.25, -0.2) is 0 Å². The first-order valence-electron chi connectivity index (χ1n) is 7.67. The van der Waals surface area contributed by atoms with Gasteiger partial charge in [-0.05, 0) is 39.8 Å². The van der Waals surface area contributed by atoms with Gasteiger partial charge in [0.1, 0.15) is 0 Å². The zero-order valence-corrected chi connectivity index (χ0v) is 13.2. The van der Waals surface area contributed by atoms with Crippen LogP contribution in [0.5, 0.6) is 0 Å². The highest BCUT2D eigenvalue weighted by atomic mass is 16.1. The monoisotopic (exact) mass is 291 g/mol. The van der Waals surface area contributed by atoms with Crippen LogP contribution >= 0.6 is 0 Å². The van der Waals surface area contributed by atoms with Crippen molar-refractivity contribution in [2.75, 3.05) is 19.6 Å². The second-order valence-corrected chi connectivity index (χ2v) is 6.03. The molecule has 1 aromatic rings. The predicted molar refractivity (Wildman–Crippen MR) is 83.2 cm³/mol. The highest BCUT2D eigenvalue weighted by Gasteiger charge is 2.19. The molecule has 2 heterocycles. The van der Waals surface area contributed by atoms with E-state index in [-0.39, 0.29) is 17.3 Å². The average Bonchev–Trinajstić information content (AvgIpc) is 2.96. The van der Waals surface area contributed by atoms with Crippen LogP contribution in [0.2, 0.25) is 0 Å². The zero-order valence-electron chi connectivity index (χ0n) is 13.2. The molecule has 0 aliphatic carbocycles. The van der Waals surface area contributed by atoms with Gasteiger partial charge in [0.05, 0.1) is 6.54 Å². The van der Waals surface area contributed by atoms with Crippen molar-refractivity contribution >= 4 is 5.91 Å². The van der Waals surface area contributed by atoms with Crippen LogP contribution in [0, 0.1) is 19.8 Å². The van der Waals surface area contributed by atoms with Gasteiger partial charge >= 0.3 is 0 Å². The number of aromatic amines is 1. The van der Waals surface area contributed by atoms with E-state index in [4.69, 9.17) is 0 Å². The third-order valence-electron chi connectivity index (χ3n) is 4.23. The normalized spacial score (nSPS) is 16.9. The molecule has 0 spiro atoms. The first-order chi connectivity index (χ1) is 9.99. The quantitative estimate of drug-likeness (QED) is 0.860. The summed E-state index contributed by atoms with van der Waals surface area (Å²) in [7, 11) is 0. The van der Waals surface area contributed by atoms with Crippen LogP contribution in [0.3, 0.4) is 0 Å².